The lowest BCUT2D eigenvalue weighted by Gasteiger charge is -2.06. The number of nitrogens with zero attached hydrogens (tertiary/aromatic N) is 3. The highest BCUT2D eigenvalue weighted by molar-refractivity contribution is 6.29. The largest absolute Gasteiger partial charge is 0.334 e. The molecule has 0 aliphatic heterocycles. The standard InChI is InChI=1S/C16H15ClN6O/c1-10-14(12-4-6-18-7-5-12)22-23-15(10)21-16(24)20-9-11-2-3-13(17)19-8-11/h2-8H,9H2,1H3,(H3,20,21,22,23,24). The topological polar surface area (TPSA) is 95.6 Å². The van der Waals surface area contributed by atoms with Crippen LogP contribution >= 0.6 is 11.6 Å². The molecule has 0 fully saturated rings. The number of urea groups is 1. The summed E-state index contributed by atoms with van der Waals surface area (Å²) in [5.41, 5.74) is 3.50. The van der Waals surface area contributed by atoms with Gasteiger partial charge in [-0.25, -0.2) is 9.78 Å². The summed E-state index contributed by atoms with van der Waals surface area (Å²) in [5, 5.41) is 13.0. The first-order valence-electron chi connectivity index (χ1n) is 7.24. The number of hydrogen-bond donors (Lipinski definition) is 3. The number of amides is 2. The number of pyridine rings is 2. The van der Waals surface area contributed by atoms with Gasteiger partial charge in [-0.05, 0) is 30.7 Å². The van der Waals surface area contributed by atoms with Crippen LogP contribution in [0.2, 0.25) is 5.15 Å². The van der Waals surface area contributed by atoms with Gasteiger partial charge < -0.3 is 5.32 Å². The van der Waals surface area contributed by atoms with Gasteiger partial charge in [-0.1, -0.05) is 17.7 Å². The van der Waals surface area contributed by atoms with Gasteiger partial charge in [-0.2, -0.15) is 5.10 Å². The number of halogens is 1. The second-order valence-electron chi connectivity index (χ2n) is 5.10. The van der Waals surface area contributed by atoms with Crippen LogP contribution in [0.15, 0.2) is 42.9 Å². The molecule has 2 amide bonds. The number of aromatic nitrogens is 4. The minimum Gasteiger partial charge on any atom is -0.334 e. The number of rotatable bonds is 4. The molecule has 24 heavy (non-hydrogen) atoms. The minimum atomic E-state index is -0.346. The highest BCUT2D eigenvalue weighted by Crippen LogP contribution is 2.25. The van der Waals surface area contributed by atoms with Crippen LogP contribution in [0.3, 0.4) is 0 Å². The molecule has 0 bridgehead atoms. The van der Waals surface area contributed by atoms with Crippen LogP contribution in [0, 0.1) is 6.92 Å². The predicted molar refractivity (Wildman–Crippen MR) is 91.7 cm³/mol. The van der Waals surface area contributed by atoms with Crippen LogP contribution in [-0.4, -0.2) is 26.2 Å². The van der Waals surface area contributed by atoms with E-state index in [1.165, 1.54) is 0 Å². The zero-order chi connectivity index (χ0) is 16.9. The Morgan fingerprint density at radius 1 is 1.25 bits per heavy atom. The van der Waals surface area contributed by atoms with E-state index in [1.54, 1.807) is 30.7 Å². The summed E-state index contributed by atoms with van der Waals surface area (Å²) < 4.78 is 0. The Morgan fingerprint density at radius 2 is 2.04 bits per heavy atom. The van der Waals surface area contributed by atoms with Crippen LogP contribution in [0.4, 0.5) is 10.6 Å². The fourth-order valence-corrected chi connectivity index (χ4v) is 2.28. The molecule has 7 nitrogen and oxygen atoms in total. The molecular formula is C16H15ClN6O. The maximum absolute atomic E-state index is 12.0. The van der Waals surface area contributed by atoms with E-state index >= 15 is 0 Å². The molecule has 122 valence electrons. The molecule has 0 saturated heterocycles. The molecule has 3 heterocycles. The lowest BCUT2D eigenvalue weighted by molar-refractivity contribution is 0.251. The molecule has 0 unspecified atom stereocenters. The quantitative estimate of drug-likeness (QED) is 0.635. The first-order chi connectivity index (χ1) is 11.6. The summed E-state index contributed by atoms with van der Waals surface area (Å²) in [5.74, 6) is 0.480. The van der Waals surface area contributed by atoms with Crippen molar-refractivity contribution in [2.45, 2.75) is 13.5 Å². The predicted octanol–water partition coefficient (Wildman–Crippen LogP) is 3.15. The first kappa shape index (κ1) is 15.9. The van der Waals surface area contributed by atoms with Crippen molar-refractivity contribution in [2.75, 3.05) is 5.32 Å². The number of aromatic amines is 1. The monoisotopic (exact) mass is 342 g/mol. The molecule has 0 aliphatic carbocycles. The van der Waals surface area contributed by atoms with Crippen molar-refractivity contribution >= 4 is 23.4 Å². The van der Waals surface area contributed by atoms with E-state index in [2.05, 4.69) is 30.8 Å². The van der Waals surface area contributed by atoms with E-state index in [0.29, 0.717) is 17.5 Å². The zero-order valence-corrected chi connectivity index (χ0v) is 13.6. The second kappa shape index (κ2) is 7.10. The van der Waals surface area contributed by atoms with Crippen molar-refractivity contribution in [1.82, 2.24) is 25.5 Å². The molecule has 3 rings (SSSR count). The van der Waals surface area contributed by atoms with Gasteiger partial charge in [0.25, 0.3) is 0 Å². The van der Waals surface area contributed by atoms with Gasteiger partial charge in [0, 0.05) is 36.3 Å². The molecule has 3 aromatic rings. The van der Waals surface area contributed by atoms with E-state index < -0.39 is 0 Å². The summed E-state index contributed by atoms with van der Waals surface area (Å²) in [6.45, 7) is 2.23. The molecule has 0 aromatic carbocycles. The van der Waals surface area contributed by atoms with Crippen LogP contribution < -0.4 is 10.6 Å². The summed E-state index contributed by atoms with van der Waals surface area (Å²) in [6, 6.07) is 6.88. The normalized spacial score (nSPS) is 10.4. The molecule has 3 aromatic heterocycles. The Hall–Kier alpha value is -2.93. The molecule has 0 saturated carbocycles. The smallest absolute Gasteiger partial charge is 0.320 e. The number of carbonyl (C=O) groups is 1. The second-order valence-corrected chi connectivity index (χ2v) is 5.49. The van der Waals surface area contributed by atoms with Gasteiger partial charge in [-0.3, -0.25) is 15.4 Å². The van der Waals surface area contributed by atoms with Gasteiger partial charge in [0.15, 0.2) is 5.82 Å². The van der Waals surface area contributed by atoms with Crippen molar-refractivity contribution in [1.29, 1.82) is 0 Å². The number of hydrogen-bond acceptors (Lipinski definition) is 4. The molecular weight excluding hydrogens is 328 g/mol. The number of carbonyl (C=O) groups excluding carboxylic acids is 1. The van der Waals surface area contributed by atoms with Crippen molar-refractivity contribution in [3.8, 4) is 11.3 Å². The van der Waals surface area contributed by atoms with Crippen molar-refractivity contribution < 1.29 is 4.79 Å². The van der Waals surface area contributed by atoms with E-state index in [0.717, 1.165) is 22.4 Å². The summed E-state index contributed by atoms with van der Waals surface area (Å²) in [6.07, 6.45) is 5.02. The van der Waals surface area contributed by atoms with Crippen LogP contribution in [-0.2, 0) is 6.54 Å². The molecule has 0 atom stereocenters. The van der Waals surface area contributed by atoms with E-state index in [1.807, 2.05) is 19.1 Å². The van der Waals surface area contributed by atoms with E-state index in [-0.39, 0.29) is 6.03 Å². The first-order valence-corrected chi connectivity index (χ1v) is 7.62. The summed E-state index contributed by atoms with van der Waals surface area (Å²) in [7, 11) is 0. The van der Waals surface area contributed by atoms with Gasteiger partial charge in [0.05, 0.1) is 5.69 Å². The fourth-order valence-electron chi connectivity index (χ4n) is 2.16. The lowest BCUT2D eigenvalue weighted by Crippen LogP contribution is -2.28. The molecule has 3 N–H and O–H groups in total. The maximum atomic E-state index is 12.0. The molecule has 0 aliphatic rings. The van der Waals surface area contributed by atoms with Gasteiger partial charge in [0.2, 0.25) is 0 Å². The van der Waals surface area contributed by atoms with E-state index in [4.69, 9.17) is 11.6 Å². The van der Waals surface area contributed by atoms with Gasteiger partial charge in [-0.15, -0.1) is 0 Å². The Labute approximate surface area is 143 Å². The number of anilines is 1. The summed E-state index contributed by atoms with van der Waals surface area (Å²) >= 11 is 5.73. The minimum absolute atomic E-state index is 0.344. The summed E-state index contributed by atoms with van der Waals surface area (Å²) in [4.78, 5) is 20.0. The molecule has 8 heteroatoms. The molecule has 0 spiro atoms. The third kappa shape index (κ3) is 3.69. The average Bonchev–Trinajstić information content (AvgIpc) is 2.96. The van der Waals surface area contributed by atoms with Crippen molar-refractivity contribution in [2.24, 2.45) is 0 Å². The number of nitrogens with one attached hydrogen (secondary N) is 3. The lowest BCUT2D eigenvalue weighted by atomic mass is 10.1. The van der Waals surface area contributed by atoms with Crippen LogP contribution in [0.5, 0.6) is 0 Å². The average molecular weight is 343 g/mol. The van der Waals surface area contributed by atoms with Gasteiger partial charge >= 0.3 is 6.03 Å². The highest BCUT2D eigenvalue weighted by atomic mass is 35.5. The molecule has 0 radical (unpaired) electrons. The maximum Gasteiger partial charge on any atom is 0.320 e. The van der Waals surface area contributed by atoms with Crippen molar-refractivity contribution in [3.63, 3.8) is 0 Å². The highest BCUT2D eigenvalue weighted by Gasteiger charge is 2.12. The van der Waals surface area contributed by atoms with Crippen LogP contribution in [0.1, 0.15) is 11.1 Å². The zero-order valence-electron chi connectivity index (χ0n) is 12.9. The Kier molecular flexibility index (Phi) is 4.72. The SMILES string of the molecule is Cc1c(NC(=O)NCc2ccc(Cl)nc2)n[nH]c1-c1ccncc1. The van der Waals surface area contributed by atoms with Crippen LogP contribution in [0.25, 0.3) is 11.3 Å². The Bertz CT molecular complexity index is 832. The third-order valence-corrected chi connectivity index (χ3v) is 3.68. The van der Waals surface area contributed by atoms with Gasteiger partial charge in [0.1, 0.15) is 5.15 Å². The Balaban J connectivity index is 1.63. The fraction of sp³-hybridized carbons (Fsp3) is 0.125. The number of H-pyrrole nitrogens is 1. The Morgan fingerprint density at radius 3 is 2.75 bits per heavy atom. The van der Waals surface area contributed by atoms with E-state index in [9.17, 15) is 4.79 Å². The third-order valence-electron chi connectivity index (χ3n) is 3.45. The van der Waals surface area contributed by atoms with Crippen molar-refractivity contribution in [3.05, 3.63) is 59.1 Å².